The summed E-state index contributed by atoms with van der Waals surface area (Å²) in [5, 5.41) is 2.09. The van der Waals surface area contributed by atoms with Gasteiger partial charge in [0.25, 0.3) is 0 Å². The zero-order chi connectivity index (χ0) is 14.2. The maximum Gasteiger partial charge on any atom is 0.183 e. The summed E-state index contributed by atoms with van der Waals surface area (Å²) in [6.45, 7) is 2.86. The van der Waals surface area contributed by atoms with Crippen LogP contribution in [0.5, 0.6) is 0 Å². The van der Waals surface area contributed by atoms with Gasteiger partial charge in [-0.15, -0.1) is 11.3 Å². The lowest BCUT2D eigenvalue weighted by molar-refractivity contribution is 0.322. The zero-order valence-corrected chi connectivity index (χ0v) is 12.2. The van der Waals surface area contributed by atoms with Crippen LogP contribution in [0.3, 0.4) is 0 Å². The molecule has 4 rings (SSSR count). The van der Waals surface area contributed by atoms with Crippen molar-refractivity contribution in [2.75, 3.05) is 18.8 Å². The SMILES string of the molecule is Nc1nc(C2CCN(Cc3cscn3)C2)nc2nc[nH]c12. The van der Waals surface area contributed by atoms with Crippen molar-refractivity contribution in [3.63, 3.8) is 0 Å². The Morgan fingerprint density at radius 2 is 2.33 bits per heavy atom. The molecule has 1 unspecified atom stereocenters. The summed E-state index contributed by atoms with van der Waals surface area (Å²) >= 11 is 1.63. The molecule has 1 fully saturated rings. The molecule has 0 saturated carbocycles. The van der Waals surface area contributed by atoms with Crippen molar-refractivity contribution in [2.45, 2.75) is 18.9 Å². The number of rotatable bonds is 3. The van der Waals surface area contributed by atoms with Crippen molar-refractivity contribution in [1.82, 2.24) is 29.8 Å². The molecule has 0 amide bonds. The molecule has 1 atom stereocenters. The van der Waals surface area contributed by atoms with Crippen LogP contribution in [0.4, 0.5) is 5.82 Å². The van der Waals surface area contributed by atoms with Gasteiger partial charge in [-0.1, -0.05) is 0 Å². The first kappa shape index (κ1) is 12.7. The predicted octanol–water partition coefficient (Wildman–Crippen LogP) is 1.38. The number of hydrogen-bond acceptors (Lipinski definition) is 7. The van der Waals surface area contributed by atoms with Gasteiger partial charge in [-0.25, -0.2) is 19.9 Å². The average Bonchev–Trinajstić information content (AvgIpc) is 3.18. The third-order valence-corrected chi connectivity index (χ3v) is 4.47. The van der Waals surface area contributed by atoms with Gasteiger partial charge >= 0.3 is 0 Å². The Hall–Kier alpha value is -2.06. The number of imidazole rings is 1. The number of hydrogen-bond donors (Lipinski definition) is 2. The predicted molar refractivity (Wildman–Crippen MR) is 80.8 cm³/mol. The fraction of sp³-hybridized carbons (Fsp3) is 0.385. The number of nitrogens with one attached hydrogen (secondary N) is 1. The van der Waals surface area contributed by atoms with Gasteiger partial charge in [0.1, 0.15) is 11.3 Å². The van der Waals surface area contributed by atoms with Crippen molar-refractivity contribution in [1.29, 1.82) is 0 Å². The summed E-state index contributed by atoms with van der Waals surface area (Å²) in [6, 6.07) is 0. The van der Waals surface area contributed by atoms with Gasteiger partial charge in [-0.3, -0.25) is 4.90 Å². The van der Waals surface area contributed by atoms with E-state index in [-0.39, 0.29) is 0 Å². The van der Waals surface area contributed by atoms with Gasteiger partial charge in [-0.05, 0) is 13.0 Å². The fourth-order valence-corrected chi connectivity index (χ4v) is 3.34. The molecule has 1 aliphatic rings. The van der Waals surface area contributed by atoms with Crippen LogP contribution in [0.15, 0.2) is 17.2 Å². The molecule has 0 aliphatic carbocycles. The largest absolute Gasteiger partial charge is 0.382 e. The van der Waals surface area contributed by atoms with E-state index in [2.05, 4.69) is 35.2 Å². The number of nitrogens with zero attached hydrogens (tertiary/aromatic N) is 5. The third kappa shape index (κ3) is 2.36. The van der Waals surface area contributed by atoms with E-state index in [1.807, 2.05) is 5.51 Å². The van der Waals surface area contributed by atoms with Crippen LogP contribution in [0.1, 0.15) is 23.9 Å². The minimum atomic E-state index is 0.312. The molecule has 3 aromatic rings. The van der Waals surface area contributed by atoms with E-state index in [1.165, 1.54) is 0 Å². The van der Waals surface area contributed by atoms with E-state index < -0.39 is 0 Å². The zero-order valence-electron chi connectivity index (χ0n) is 11.4. The van der Waals surface area contributed by atoms with E-state index in [0.717, 1.165) is 43.1 Å². The lowest BCUT2D eigenvalue weighted by Crippen LogP contribution is -2.20. The molecule has 7 nitrogen and oxygen atoms in total. The topological polar surface area (TPSA) is 96.6 Å². The maximum absolute atomic E-state index is 5.97. The maximum atomic E-state index is 5.97. The summed E-state index contributed by atoms with van der Waals surface area (Å²) < 4.78 is 0. The monoisotopic (exact) mass is 301 g/mol. The first-order valence-corrected chi connectivity index (χ1v) is 7.80. The number of nitrogen functional groups attached to an aromatic ring is 1. The third-order valence-electron chi connectivity index (χ3n) is 3.84. The standard InChI is InChI=1S/C13H15N7S/c14-11-10-13(16-6-15-10)19-12(18-11)8-1-2-20(3-8)4-9-5-21-7-17-9/h5-8H,1-4H2,(H3,14,15,16,18,19). The number of thiazole rings is 1. The van der Waals surface area contributed by atoms with Crippen LogP contribution in [0.2, 0.25) is 0 Å². The Bertz CT molecular complexity index is 751. The van der Waals surface area contributed by atoms with Gasteiger partial charge < -0.3 is 10.7 Å². The highest BCUT2D eigenvalue weighted by molar-refractivity contribution is 7.07. The number of likely N-dealkylation sites (tertiary alicyclic amines) is 1. The van der Waals surface area contributed by atoms with E-state index in [4.69, 9.17) is 5.73 Å². The van der Waals surface area contributed by atoms with Crippen LogP contribution in [0, 0.1) is 0 Å². The quantitative estimate of drug-likeness (QED) is 0.758. The lowest BCUT2D eigenvalue weighted by Gasteiger charge is -2.14. The van der Waals surface area contributed by atoms with Gasteiger partial charge in [0.05, 0.1) is 17.5 Å². The number of aromatic nitrogens is 5. The molecule has 1 saturated heterocycles. The van der Waals surface area contributed by atoms with E-state index in [0.29, 0.717) is 17.4 Å². The summed E-state index contributed by atoms with van der Waals surface area (Å²) in [6.07, 6.45) is 2.64. The van der Waals surface area contributed by atoms with Crippen LogP contribution in [-0.2, 0) is 6.54 Å². The first-order valence-electron chi connectivity index (χ1n) is 6.85. The minimum Gasteiger partial charge on any atom is -0.382 e. The van der Waals surface area contributed by atoms with E-state index in [9.17, 15) is 0 Å². The number of aromatic amines is 1. The molecule has 4 heterocycles. The van der Waals surface area contributed by atoms with Gasteiger partial charge in [0.15, 0.2) is 11.5 Å². The van der Waals surface area contributed by atoms with Crippen LogP contribution in [-0.4, -0.2) is 42.9 Å². The van der Waals surface area contributed by atoms with E-state index >= 15 is 0 Å². The highest BCUT2D eigenvalue weighted by atomic mass is 32.1. The normalized spacial score (nSPS) is 19.5. The summed E-state index contributed by atoms with van der Waals surface area (Å²) in [5.41, 5.74) is 10.3. The number of fused-ring (bicyclic) bond motifs is 1. The second kappa shape index (κ2) is 5.05. The molecule has 0 bridgehead atoms. The van der Waals surface area contributed by atoms with Crippen molar-refractivity contribution in [3.05, 3.63) is 28.7 Å². The lowest BCUT2D eigenvalue weighted by atomic mass is 10.1. The second-order valence-electron chi connectivity index (χ2n) is 5.27. The van der Waals surface area contributed by atoms with Crippen molar-refractivity contribution in [2.24, 2.45) is 0 Å². The van der Waals surface area contributed by atoms with Gasteiger partial charge in [0.2, 0.25) is 0 Å². The van der Waals surface area contributed by atoms with Crippen molar-refractivity contribution < 1.29 is 0 Å². The summed E-state index contributed by atoms with van der Waals surface area (Å²) in [4.78, 5) is 22.8. The molecular weight excluding hydrogens is 286 g/mol. The fourth-order valence-electron chi connectivity index (χ4n) is 2.79. The van der Waals surface area contributed by atoms with Crippen LogP contribution in [0.25, 0.3) is 11.2 Å². The molecule has 3 N–H and O–H groups in total. The molecule has 0 radical (unpaired) electrons. The minimum absolute atomic E-state index is 0.312. The highest BCUT2D eigenvalue weighted by Crippen LogP contribution is 2.27. The molecule has 0 spiro atoms. The summed E-state index contributed by atoms with van der Waals surface area (Å²) in [7, 11) is 0. The first-order chi connectivity index (χ1) is 10.3. The molecule has 21 heavy (non-hydrogen) atoms. The molecule has 3 aromatic heterocycles. The second-order valence-corrected chi connectivity index (χ2v) is 5.99. The summed E-state index contributed by atoms with van der Waals surface area (Å²) in [5.74, 6) is 1.59. The van der Waals surface area contributed by atoms with Crippen molar-refractivity contribution >= 4 is 28.3 Å². The smallest absolute Gasteiger partial charge is 0.183 e. The average molecular weight is 301 g/mol. The van der Waals surface area contributed by atoms with Gasteiger partial charge in [0, 0.05) is 24.4 Å². The number of nitrogens with two attached hydrogens (primary N) is 1. The van der Waals surface area contributed by atoms with Gasteiger partial charge in [-0.2, -0.15) is 0 Å². The Morgan fingerprint density at radius 1 is 1.38 bits per heavy atom. The van der Waals surface area contributed by atoms with Crippen LogP contribution >= 0.6 is 11.3 Å². The highest BCUT2D eigenvalue weighted by Gasteiger charge is 2.27. The molecule has 1 aliphatic heterocycles. The van der Waals surface area contributed by atoms with E-state index in [1.54, 1.807) is 17.7 Å². The Balaban J connectivity index is 1.53. The van der Waals surface area contributed by atoms with Crippen molar-refractivity contribution in [3.8, 4) is 0 Å². The molecule has 108 valence electrons. The number of H-pyrrole nitrogens is 1. The number of anilines is 1. The Morgan fingerprint density at radius 3 is 3.19 bits per heavy atom. The molecular formula is C13H15N7S. The Labute approximate surface area is 125 Å². The molecule has 0 aromatic carbocycles. The van der Waals surface area contributed by atoms with Crippen LogP contribution < -0.4 is 5.73 Å². The molecule has 8 heteroatoms. The Kier molecular flexibility index (Phi) is 3.04.